The molecule has 0 bridgehead atoms. The highest BCUT2D eigenvalue weighted by Crippen LogP contribution is 2.45. The van der Waals surface area contributed by atoms with Gasteiger partial charge in [0.1, 0.15) is 18.1 Å². The van der Waals surface area contributed by atoms with Crippen molar-refractivity contribution in [2.45, 2.75) is 27.2 Å². The fourth-order valence-corrected chi connectivity index (χ4v) is 3.69. The Morgan fingerprint density at radius 1 is 0.893 bits per heavy atom. The Hall–Kier alpha value is -3.00. The molecule has 2 heteroatoms. The van der Waals surface area contributed by atoms with Gasteiger partial charge in [0.25, 0.3) is 0 Å². The molecule has 0 aliphatic rings. The molecule has 0 aliphatic heterocycles. The van der Waals surface area contributed by atoms with Crippen LogP contribution in [0, 0.1) is 0 Å². The summed E-state index contributed by atoms with van der Waals surface area (Å²) in [7, 11) is 0. The van der Waals surface area contributed by atoms with Gasteiger partial charge >= 0.3 is 0 Å². The fourth-order valence-electron chi connectivity index (χ4n) is 3.69. The minimum atomic E-state index is 0.466. The molecule has 0 fully saturated rings. The van der Waals surface area contributed by atoms with E-state index in [4.69, 9.17) is 9.47 Å². The average Bonchev–Trinajstić information content (AvgIpc) is 2.73. The van der Waals surface area contributed by atoms with Crippen LogP contribution in [0.5, 0.6) is 11.5 Å². The number of ether oxygens (including phenoxy) is 2. The van der Waals surface area contributed by atoms with E-state index in [-0.39, 0.29) is 0 Å². The van der Waals surface area contributed by atoms with Gasteiger partial charge in [-0.3, -0.25) is 0 Å². The molecule has 144 valence electrons. The third kappa shape index (κ3) is 3.82. The highest BCUT2D eigenvalue weighted by molar-refractivity contribution is 6.02. The molecule has 0 heterocycles. The molecule has 3 aromatic carbocycles. The van der Waals surface area contributed by atoms with E-state index in [9.17, 15) is 0 Å². The van der Waals surface area contributed by atoms with Gasteiger partial charge in [0.2, 0.25) is 0 Å². The quantitative estimate of drug-likeness (QED) is 0.394. The van der Waals surface area contributed by atoms with Gasteiger partial charge in [-0.05, 0) is 54.3 Å². The highest BCUT2D eigenvalue weighted by atomic mass is 16.5. The third-order valence-corrected chi connectivity index (χ3v) is 4.81. The summed E-state index contributed by atoms with van der Waals surface area (Å²) >= 11 is 0. The maximum Gasteiger partial charge on any atom is 0.128 e. The smallest absolute Gasteiger partial charge is 0.128 e. The zero-order chi connectivity index (χ0) is 19.9. The van der Waals surface area contributed by atoms with Crippen molar-refractivity contribution >= 4 is 16.8 Å². The van der Waals surface area contributed by atoms with Crippen LogP contribution in [0.15, 0.2) is 67.3 Å². The highest BCUT2D eigenvalue weighted by Gasteiger charge is 2.20. The van der Waals surface area contributed by atoms with Crippen LogP contribution in [-0.2, 0) is 6.42 Å². The minimum Gasteiger partial charge on any atom is -0.493 e. The van der Waals surface area contributed by atoms with Crippen LogP contribution < -0.4 is 9.47 Å². The lowest BCUT2D eigenvalue weighted by molar-refractivity contribution is 0.341. The first-order valence-corrected chi connectivity index (χ1v) is 9.92. The Morgan fingerprint density at radius 3 is 2.36 bits per heavy atom. The first-order chi connectivity index (χ1) is 13.7. The summed E-state index contributed by atoms with van der Waals surface area (Å²) in [6.07, 6.45) is 6.91. The molecule has 3 aromatic rings. The third-order valence-electron chi connectivity index (χ3n) is 4.81. The SMILES string of the molecule is C=CCOc1ccc(/C=C\C)c(CC)c1-c1c(OCC)ccc2ccccc12. The number of hydrogen-bond acceptors (Lipinski definition) is 2. The van der Waals surface area contributed by atoms with Crippen LogP contribution in [0.3, 0.4) is 0 Å². The predicted octanol–water partition coefficient (Wildman–Crippen LogP) is 7.07. The summed E-state index contributed by atoms with van der Waals surface area (Å²) in [6.45, 7) is 11.1. The van der Waals surface area contributed by atoms with Crippen LogP contribution in [0.2, 0.25) is 0 Å². The van der Waals surface area contributed by atoms with Crippen molar-refractivity contribution in [1.29, 1.82) is 0 Å². The second kappa shape index (κ2) is 9.27. The second-order valence-electron chi connectivity index (χ2n) is 6.55. The molecule has 0 aliphatic carbocycles. The Labute approximate surface area is 168 Å². The van der Waals surface area contributed by atoms with E-state index in [1.165, 1.54) is 21.9 Å². The van der Waals surface area contributed by atoms with E-state index < -0.39 is 0 Å². The van der Waals surface area contributed by atoms with Crippen LogP contribution >= 0.6 is 0 Å². The Morgan fingerprint density at radius 2 is 1.64 bits per heavy atom. The number of fused-ring (bicyclic) bond motifs is 1. The Bertz CT molecular complexity index is 999. The molecule has 0 radical (unpaired) electrons. The van der Waals surface area contributed by atoms with Crippen molar-refractivity contribution < 1.29 is 9.47 Å². The van der Waals surface area contributed by atoms with Crippen molar-refractivity contribution in [2.24, 2.45) is 0 Å². The van der Waals surface area contributed by atoms with Crippen molar-refractivity contribution in [2.75, 3.05) is 13.2 Å². The van der Waals surface area contributed by atoms with Gasteiger partial charge in [0, 0.05) is 11.1 Å². The van der Waals surface area contributed by atoms with Gasteiger partial charge in [-0.1, -0.05) is 68.1 Å². The summed E-state index contributed by atoms with van der Waals surface area (Å²) in [5.41, 5.74) is 4.68. The maximum atomic E-state index is 6.10. The van der Waals surface area contributed by atoms with E-state index in [2.05, 4.69) is 74.2 Å². The molecule has 0 spiro atoms. The summed E-state index contributed by atoms with van der Waals surface area (Å²) in [4.78, 5) is 0. The molecule has 0 atom stereocenters. The van der Waals surface area contributed by atoms with E-state index >= 15 is 0 Å². The van der Waals surface area contributed by atoms with E-state index in [0.29, 0.717) is 13.2 Å². The monoisotopic (exact) mass is 372 g/mol. The van der Waals surface area contributed by atoms with Gasteiger partial charge in [-0.25, -0.2) is 0 Å². The number of allylic oxidation sites excluding steroid dienone is 1. The van der Waals surface area contributed by atoms with Crippen LogP contribution in [-0.4, -0.2) is 13.2 Å². The molecule has 0 amide bonds. The first-order valence-electron chi connectivity index (χ1n) is 9.92. The van der Waals surface area contributed by atoms with Crippen LogP contribution in [0.4, 0.5) is 0 Å². The van der Waals surface area contributed by atoms with Gasteiger partial charge < -0.3 is 9.47 Å². The number of rotatable bonds is 8. The summed E-state index contributed by atoms with van der Waals surface area (Å²) in [5, 5.41) is 2.36. The van der Waals surface area contributed by atoms with Crippen molar-refractivity contribution in [1.82, 2.24) is 0 Å². The van der Waals surface area contributed by atoms with Crippen molar-refractivity contribution in [3.8, 4) is 22.6 Å². The fraction of sp³-hybridized carbons (Fsp3) is 0.231. The molecule has 3 rings (SSSR count). The number of benzene rings is 3. The minimum absolute atomic E-state index is 0.466. The largest absolute Gasteiger partial charge is 0.493 e. The molecule has 0 saturated carbocycles. The number of hydrogen-bond donors (Lipinski definition) is 0. The Kier molecular flexibility index (Phi) is 6.54. The lowest BCUT2D eigenvalue weighted by Crippen LogP contribution is -2.03. The normalized spacial score (nSPS) is 11.1. The topological polar surface area (TPSA) is 18.5 Å². The van der Waals surface area contributed by atoms with Crippen LogP contribution in [0.1, 0.15) is 31.9 Å². The van der Waals surface area contributed by atoms with Gasteiger partial charge in [0.05, 0.1) is 6.61 Å². The average molecular weight is 373 g/mol. The zero-order valence-corrected chi connectivity index (χ0v) is 17.0. The standard InChI is InChI=1S/C26H28O2/c1-5-11-19-14-17-24(28-18-6-2)25(21(19)7-3)26-22-13-10-9-12-20(22)15-16-23(26)27-8-4/h5-6,9-17H,2,7-8,18H2,1,3-4H3/b11-5-. The van der Waals surface area contributed by atoms with E-state index in [1.807, 2.05) is 13.8 Å². The molecule has 0 aromatic heterocycles. The zero-order valence-electron chi connectivity index (χ0n) is 17.0. The molecular weight excluding hydrogens is 344 g/mol. The van der Waals surface area contributed by atoms with E-state index in [0.717, 1.165) is 29.0 Å². The summed E-state index contributed by atoms with van der Waals surface area (Å²) < 4.78 is 12.2. The maximum absolute atomic E-state index is 6.10. The Balaban J connectivity index is 2.42. The molecule has 0 unspecified atom stereocenters. The van der Waals surface area contributed by atoms with Crippen molar-refractivity contribution in [3.05, 3.63) is 78.4 Å². The molecule has 0 N–H and O–H groups in total. The first kappa shape index (κ1) is 19.8. The molecule has 0 saturated heterocycles. The second-order valence-corrected chi connectivity index (χ2v) is 6.55. The van der Waals surface area contributed by atoms with Crippen LogP contribution in [0.25, 0.3) is 28.0 Å². The van der Waals surface area contributed by atoms with E-state index in [1.54, 1.807) is 6.08 Å². The molecule has 2 nitrogen and oxygen atoms in total. The molecular formula is C26H28O2. The van der Waals surface area contributed by atoms with Gasteiger partial charge in [0.15, 0.2) is 0 Å². The summed E-state index contributed by atoms with van der Waals surface area (Å²) in [6, 6.07) is 16.8. The summed E-state index contributed by atoms with van der Waals surface area (Å²) in [5.74, 6) is 1.75. The predicted molar refractivity (Wildman–Crippen MR) is 120 cm³/mol. The van der Waals surface area contributed by atoms with Gasteiger partial charge in [-0.2, -0.15) is 0 Å². The lowest BCUT2D eigenvalue weighted by Gasteiger charge is -2.21. The van der Waals surface area contributed by atoms with Gasteiger partial charge in [-0.15, -0.1) is 0 Å². The van der Waals surface area contributed by atoms with Crippen molar-refractivity contribution in [3.63, 3.8) is 0 Å². The lowest BCUT2D eigenvalue weighted by atomic mass is 9.89. The molecule has 28 heavy (non-hydrogen) atoms.